The van der Waals surface area contributed by atoms with Crippen LogP contribution >= 0.6 is 0 Å². The van der Waals surface area contributed by atoms with Crippen molar-refractivity contribution < 1.29 is 8.42 Å². The quantitative estimate of drug-likeness (QED) is 0.714. The Hall–Kier alpha value is -2.67. The van der Waals surface area contributed by atoms with Crippen molar-refractivity contribution in [1.82, 2.24) is 15.0 Å². The highest BCUT2D eigenvalue weighted by molar-refractivity contribution is 7.92. The zero-order valence-corrected chi connectivity index (χ0v) is 14.3. The first-order chi connectivity index (χ1) is 11.5. The number of aromatic nitrogens is 3. The molecule has 0 aliphatic heterocycles. The molecule has 1 aromatic heterocycles. The second kappa shape index (κ2) is 6.45. The first kappa shape index (κ1) is 16.2. The van der Waals surface area contributed by atoms with Crippen LogP contribution in [0.4, 0.5) is 5.82 Å². The Morgan fingerprint density at radius 1 is 1.00 bits per heavy atom. The van der Waals surface area contributed by atoms with E-state index in [4.69, 9.17) is 0 Å². The lowest BCUT2D eigenvalue weighted by molar-refractivity contribution is 0.595. The van der Waals surface area contributed by atoms with Crippen molar-refractivity contribution in [1.29, 1.82) is 0 Å². The van der Waals surface area contributed by atoms with E-state index in [2.05, 4.69) is 10.3 Å². The van der Waals surface area contributed by atoms with Gasteiger partial charge in [0.15, 0.2) is 5.82 Å². The van der Waals surface area contributed by atoms with Gasteiger partial charge in [-0.3, -0.25) is 4.31 Å². The zero-order valence-electron chi connectivity index (χ0n) is 13.5. The van der Waals surface area contributed by atoms with Gasteiger partial charge in [-0.15, -0.1) is 5.10 Å². The average Bonchev–Trinajstić information content (AvgIpc) is 2.98. The van der Waals surface area contributed by atoms with Gasteiger partial charge in [-0.05, 0) is 5.56 Å². The molecule has 1 heterocycles. The van der Waals surface area contributed by atoms with Crippen molar-refractivity contribution in [3.8, 4) is 11.3 Å². The lowest BCUT2D eigenvalue weighted by Crippen LogP contribution is -2.28. The van der Waals surface area contributed by atoms with Crippen LogP contribution in [0.2, 0.25) is 0 Å². The van der Waals surface area contributed by atoms with E-state index in [0.717, 1.165) is 11.1 Å². The second-order valence-corrected chi connectivity index (χ2v) is 7.52. The number of benzene rings is 2. The Morgan fingerprint density at radius 2 is 1.58 bits per heavy atom. The van der Waals surface area contributed by atoms with Crippen LogP contribution in [0.1, 0.15) is 5.56 Å². The van der Waals surface area contributed by atoms with Crippen LogP contribution < -0.4 is 4.31 Å². The summed E-state index contributed by atoms with van der Waals surface area (Å²) in [5.74, 6) is 0.451. The fraction of sp³-hybridized carbons (Fsp3) is 0.176. The molecule has 0 N–H and O–H groups in total. The summed E-state index contributed by atoms with van der Waals surface area (Å²) in [6.07, 6.45) is 1.17. The van der Waals surface area contributed by atoms with Gasteiger partial charge in [0.05, 0.1) is 12.8 Å². The van der Waals surface area contributed by atoms with Gasteiger partial charge >= 0.3 is 0 Å². The maximum atomic E-state index is 12.1. The summed E-state index contributed by atoms with van der Waals surface area (Å²) >= 11 is 0. The molecule has 7 heteroatoms. The summed E-state index contributed by atoms with van der Waals surface area (Å²) in [5, 5.41) is 8.41. The molecule has 0 saturated carbocycles. The van der Waals surface area contributed by atoms with E-state index >= 15 is 0 Å². The summed E-state index contributed by atoms with van der Waals surface area (Å²) in [6, 6.07) is 19.2. The van der Waals surface area contributed by atoms with E-state index in [-0.39, 0.29) is 0 Å². The number of sulfonamides is 1. The molecule has 0 unspecified atom stereocenters. The molecule has 3 rings (SSSR count). The molecular formula is C17H18N4O2S. The minimum atomic E-state index is -3.44. The standard InChI is InChI=1S/C17H18N4O2S/c1-20(24(2,22)23)17-16(15-11-7-4-8-12-15)18-19-21(17)13-14-9-5-3-6-10-14/h3-12H,13H2,1-2H3. The smallest absolute Gasteiger partial charge is 0.233 e. The molecule has 124 valence electrons. The summed E-state index contributed by atoms with van der Waals surface area (Å²) in [4.78, 5) is 0. The van der Waals surface area contributed by atoms with Gasteiger partial charge in [-0.25, -0.2) is 13.1 Å². The van der Waals surface area contributed by atoms with Crippen LogP contribution in [0.25, 0.3) is 11.3 Å². The summed E-state index contributed by atoms with van der Waals surface area (Å²) in [7, 11) is -1.92. The van der Waals surface area contributed by atoms with Gasteiger partial charge in [0, 0.05) is 12.6 Å². The summed E-state index contributed by atoms with van der Waals surface area (Å²) < 4.78 is 27.0. The molecule has 0 spiro atoms. The number of hydrogen-bond donors (Lipinski definition) is 0. The van der Waals surface area contributed by atoms with E-state index in [9.17, 15) is 8.42 Å². The van der Waals surface area contributed by atoms with Crippen molar-refractivity contribution in [3.05, 3.63) is 66.2 Å². The molecule has 0 aliphatic rings. The Kier molecular flexibility index (Phi) is 4.35. The lowest BCUT2D eigenvalue weighted by atomic mass is 10.1. The summed E-state index contributed by atoms with van der Waals surface area (Å²) in [5.41, 5.74) is 2.38. The highest BCUT2D eigenvalue weighted by Crippen LogP contribution is 2.29. The normalized spacial score (nSPS) is 11.4. The number of hydrogen-bond acceptors (Lipinski definition) is 4. The van der Waals surface area contributed by atoms with Gasteiger partial charge in [0.1, 0.15) is 5.69 Å². The van der Waals surface area contributed by atoms with E-state index in [1.807, 2.05) is 60.7 Å². The first-order valence-corrected chi connectivity index (χ1v) is 9.28. The van der Waals surface area contributed by atoms with Crippen LogP contribution in [0.3, 0.4) is 0 Å². The third kappa shape index (κ3) is 3.30. The molecular weight excluding hydrogens is 324 g/mol. The fourth-order valence-electron chi connectivity index (χ4n) is 2.42. The maximum Gasteiger partial charge on any atom is 0.233 e. The van der Waals surface area contributed by atoms with Crippen molar-refractivity contribution >= 4 is 15.8 Å². The molecule has 0 aliphatic carbocycles. The maximum absolute atomic E-state index is 12.1. The van der Waals surface area contributed by atoms with Crippen LogP contribution in [0.5, 0.6) is 0 Å². The monoisotopic (exact) mass is 342 g/mol. The highest BCUT2D eigenvalue weighted by Gasteiger charge is 2.24. The van der Waals surface area contributed by atoms with Crippen LogP contribution in [-0.2, 0) is 16.6 Å². The third-order valence-corrected chi connectivity index (χ3v) is 4.89. The van der Waals surface area contributed by atoms with Gasteiger partial charge in [-0.1, -0.05) is 65.9 Å². The topological polar surface area (TPSA) is 68.1 Å². The molecule has 0 bridgehead atoms. The van der Waals surface area contributed by atoms with Crippen molar-refractivity contribution in [2.45, 2.75) is 6.54 Å². The van der Waals surface area contributed by atoms with E-state index in [0.29, 0.717) is 18.1 Å². The Balaban J connectivity index is 2.11. The third-order valence-electron chi connectivity index (χ3n) is 3.73. The molecule has 0 radical (unpaired) electrons. The largest absolute Gasteiger partial charge is 0.255 e. The Morgan fingerprint density at radius 3 is 2.17 bits per heavy atom. The molecule has 0 fully saturated rings. The van der Waals surface area contributed by atoms with Crippen LogP contribution in [-0.4, -0.2) is 36.7 Å². The molecule has 0 atom stereocenters. The SMILES string of the molecule is CN(c1c(-c2ccccc2)nnn1Cc1ccccc1)S(C)(=O)=O. The van der Waals surface area contributed by atoms with Crippen LogP contribution in [0, 0.1) is 0 Å². The van der Waals surface area contributed by atoms with Gasteiger partial charge in [-0.2, -0.15) is 0 Å². The average molecular weight is 342 g/mol. The molecule has 0 amide bonds. The lowest BCUT2D eigenvalue weighted by Gasteiger charge is -2.19. The predicted molar refractivity (Wildman–Crippen MR) is 94.2 cm³/mol. The van der Waals surface area contributed by atoms with E-state index in [1.165, 1.54) is 17.6 Å². The minimum Gasteiger partial charge on any atom is -0.255 e. The highest BCUT2D eigenvalue weighted by atomic mass is 32.2. The van der Waals surface area contributed by atoms with Gasteiger partial charge in [0.2, 0.25) is 10.0 Å². The van der Waals surface area contributed by atoms with Gasteiger partial charge in [0.25, 0.3) is 0 Å². The molecule has 2 aromatic carbocycles. The fourth-order valence-corrected chi connectivity index (χ4v) is 2.92. The Labute approximate surface area is 141 Å². The second-order valence-electron chi connectivity index (χ2n) is 5.50. The number of rotatable bonds is 5. The zero-order chi connectivity index (χ0) is 17.2. The predicted octanol–water partition coefficient (Wildman–Crippen LogP) is 2.39. The van der Waals surface area contributed by atoms with Crippen molar-refractivity contribution in [3.63, 3.8) is 0 Å². The molecule has 24 heavy (non-hydrogen) atoms. The molecule has 0 saturated heterocycles. The molecule has 3 aromatic rings. The van der Waals surface area contributed by atoms with Crippen LogP contribution in [0.15, 0.2) is 60.7 Å². The number of anilines is 1. The van der Waals surface area contributed by atoms with Crippen molar-refractivity contribution in [2.75, 3.05) is 17.6 Å². The minimum absolute atomic E-state index is 0.440. The summed E-state index contributed by atoms with van der Waals surface area (Å²) in [6.45, 7) is 0.440. The number of nitrogens with zero attached hydrogens (tertiary/aromatic N) is 4. The van der Waals surface area contributed by atoms with Gasteiger partial charge < -0.3 is 0 Å². The van der Waals surface area contributed by atoms with E-state index < -0.39 is 10.0 Å². The molecule has 6 nitrogen and oxygen atoms in total. The first-order valence-electron chi connectivity index (χ1n) is 7.43. The van der Waals surface area contributed by atoms with Crippen molar-refractivity contribution in [2.24, 2.45) is 0 Å². The van der Waals surface area contributed by atoms with E-state index in [1.54, 1.807) is 4.68 Å². The Bertz CT molecular complexity index is 922.